The third-order valence-corrected chi connectivity index (χ3v) is 2.01. The van der Waals surface area contributed by atoms with E-state index in [1.807, 2.05) is 0 Å². The smallest absolute Gasteiger partial charge is 0.404 e. The normalized spacial score (nSPS) is 11.5. The predicted molar refractivity (Wildman–Crippen MR) is 45.2 cm³/mol. The summed E-state index contributed by atoms with van der Waals surface area (Å²) in [4.78, 5) is 0. The second-order valence-electron chi connectivity index (χ2n) is 2.36. The fourth-order valence-electron chi connectivity index (χ4n) is 0.783. The average Bonchev–Trinajstić information content (AvgIpc) is 1.96. The minimum absolute atomic E-state index is 0.148. The zero-order chi connectivity index (χ0) is 10.9. The van der Waals surface area contributed by atoms with E-state index in [0.29, 0.717) is 0 Å². The molecule has 1 aromatic rings. The molecule has 0 bridgehead atoms. The number of alkyl halides is 3. The molecule has 2 nitrogen and oxygen atoms in total. The van der Waals surface area contributed by atoms with Crippen LogP contribution in [0.5, 0.6) is 5.75 Å². The Labute approximate surface area is 84.8 Å². The Bertz CT molecular complexity index is 352. The minimum atomic E-state index is -4.87. The lowest BCUT2D eigenvalue weighted by atomic mass is 10.3. The van der Waals surface area contributed by atoms with Crippen molar-refractivity contribution in [3.05, 3.63) is 22.4 Å². The monoisotopic (exact) mass is 273 g/mol. The van der Waals surface area contributed by atoms with E-state index < -0.39 is 22.4 Å². The number of nitrogens with two attached hydrogens (primary N) is 1. The number of rotatable bonds is 1. The predicted octanol–water partition coefficient (Wildman–Crippen LogP) is 3.07. The van der Waals surface area contributed by atoms with Crippen LogP contribution in [0.15, 0.2) is 16.6 Å². The minimum Gasteiger partial charge on any atom is -0.404 e. The Balaban J connectivity index is 3.09. The zero-order valence-corrected chi connectivity index (χ0v) is 8.12. The molecule has 0 atom stereocenters. The number of benzene rings is 1. The van der Waals surface area contributed by atoms with Gasteiger partial charge in [0.25, 0.3) is 0 Å². The van der Waals surface area contributed by atoms with Crippen LogP contribution in [0, 0.1) is 5.82 Å². The number of ether oxygens (including phenoxy) is 1. The lowest BCUT2D eigenvalue weighted by Gasteiger charge is -2.11. The first-order chi connectivity index (χ1) is 6.29. The van der Waals surface area contributed by atoms with Crippen LogP contribution in [0.1, 0.15) is 0 Å². The van der Waals surface area contributed by atoms with Gasteiger partial charge in [0.15, 0.2) is 0 Å². The van der Waals surface area contributed by atoms with Gasteiger partial charge in [-0.2, -0.15) is 0 Å². The first-order valence-corrected chi connectivity index (χ1v) is 4.09. The second-order valence-corrected chi connectivity index (χ2v) is 3.16. The number of nitrogen functional groups attached to an aromatic ring is 1. The van der Waals surface area contributed by atoms with E-state index in [1.54, 1.807) is 0 Å². The second kappa shape index (κ2) is 3.64. The van der Waals surface area contributed by atoms with Crippen LogP contribution in [-0.4, -0.2) is 6.36 Å². The highest BCUT2D eigenvalue weighted by atomic mass is 79.9. The third kappa shape index (κ3) is 2.76. The van der Waals surface area contributed by atoms with Gasteiger partial charge in [-0.15, -0.1) is 13.2 Å². The standard InChI is InChI=1S/C7H4BrF4NO/c8-6-4(9)1-3(13)2-5(6)14-7(10,11)12/h1-2H,13H2. The van der Waals surface area contributed by atoms with Crippen molar-refractivity contribution in [2.75, 3.05) is 5.73 Å². The van der Waals surface area contributed by atoms with Gasteiger partial charge in [-0.1, -0.05) is 0 Å². The number of hydrogen-bond donors (Lipinski definition) is 1. The molecule has 0 aliphatic carbocycles. The Morgan fingerprint density at radius 1 is 1.29 bits per heavy atom. The van der Waals surface area contributed by atoms with E-state index in [9.17, 15) is 17.6 Å². The molecule has 0 amide bonds. The summed E-state index contributed by atoms with van der Waals surface area (Å²) in [6.45, 7) is 0. The molecule has 14 heavy (non-hydrogen) atoms. The Hall–Kier alpha value is -0.980. The van der Waals surface area contributed by atoms with Crippen LogP contribution in [0.25, 0.3) is 0 Å². The first-order valence-electron chi connectivity index (χ1n) is 3.30. The van der Waals surface area contributed by atoms with Crippen molar-refractivity contribution in [2.45, 2.75) is 6.36 Å². The number of anilines is 1. The van der Waals surface area contributed by atoms with E-state index in [-0.39, 0.29) is 5.69 Å². The summed E-state index contributed by atoms with van der Waals surface area (Å²) < 4.78 is 51.3. The van der Waals surface area contributed by atoms with Gasteiger partial charge in [-0.25, -0.2) is 4.39 Å². The van der Waals surface area contributed by atoms with E-state index in [4.69, 9.17) is 5.73 Å². The van der Waals surface area contributed by atoms with Gasteiger partial charge in [-0.3, -0.25) is 0 Å². The van der Waals surface area contributed by atoms with Crippen molar-refractivity contribution in [3.8, 4) is 5.75 Å². The van der Waals surface area contributed by atoms with E-state index >= 15 is 0 Å². The van der Waals surface area contributed by atoms with Crippen LogP contribution in [0.3, 0.4) is 0 Å². The van der Waals surface area contributed by atoms with Crippen LogP contribution in [0.2, 0.25) is 0 Å². The fourth-order valence-corrected chi connectivity index (χ4v) is 1.09. The zero-order valence-electron chi connectivity index (χ0n) is 6.53. The molecule has 1 rings (SSSR count). The molecule has 0 unspecified atom stereocenters. The summed E-state index contributed by atoms with van der Waals surface area (Å²) in [5.41, 5.74) is 4.99. The summed E-state index contributed by atoms with van der Waals surface area (Å²) in [5, 5.41) is 0. The van der Waals surface area contributed by atoms with Crippen molar-refractivity contribution in [2.24, 2.45) is 0 Å². The van der Waals surface area contributed by atoms with Gasteiger partial charge in [0, 0.05) is 11.8 Å². The molecule has 7 heteroatoms. The molecule has 0 aliphatic heterocycles. The quantitative estimate of drug-likeness (QED) is 0.631. The van der Waals surface area contributed by atoms with E-state index in [0.717, 1.165) is 12.1 Å². The summed E-state index contributed by atoms with van der Waals surface area (Å²) in [6, 6.07) is 1.76. The Morgan fingerprint density at radius 3 is 2.36 bits per heavy atom. The van der Waals surface area contributed by atoms with Crippen LogP contribution >= 0.6 is 15.9 Å². The van der Waals surface area contributed by atoms with Crippen molar-refractivity contribution < 1.29 is 22.3 Å². The molecule has 0 fully saturated rings. The number of halogens is 5. The Morgan fingerprint density at radius 2 is 1.86 bits per heavy atom. The molecule has 0 heterocycles. The topological polar surface area (TPSA) is 35.2 Å². The van der Waals surface area contributed by atoms with Gasteiger partial charge in [-0.05, 0) is 22.0 Å². The van der Waals surface area contributed by atoms with Crippen LogP contribution < -0.4 is 10.5 Å². The molecule has 0 aromatic heterocycles. The molecule has 0 saturated heterocycles. The first kappa shape index (κ1) is 11.1. The molecule has 0 radical (unpaired) electrons. The highest BCUT2D eigenvalue weighted by Gasteiger charge is 2.32. The summed E-state index contributed by atoms with van der Waals surface area (Å²) in [5.74, 6) is -1.61. The Kier molecular flexibility index (Phi) is 2.89. The molecule has 0 aliphatic rings. The molecule has 1 aromatic carbocycles. The van der Waals surface area contributed by atoms with Gasteiger partial charge in [0.1, 0.15) is 11.6 Å². The van der Waals surface area contributed by atoms with E-state index in [1.165, 1.54) is 0 Å². The summed E-state index contributed by atoms with van der Waals surface area (Å²) >= 11 is 2.61. The molecule has 0 spiro atoms. The van der Waals surface area contributed by atoms with Crippen molar-refractivity contribution >= 4 is 21.6 Å². The SMILES string of the molecule is Nc1cc(F)c(Br)c(OC(F)(F)F)c1. The summed E-state index contributed by atoms with van der Waals surface area (Å²) in [6.07, 6.45) is -4.87. The van der Waals surface area contributed by atoms with Crippen LogP contribution in [-0.2, 0) is 0 Å². The molecular formula is C7H4BrF4NO. The maximum atomic E-state index is 12.8. The lowest BCUT2D eigenvalue weighted by molar-refractivity contribution is -0.274. The van der Waals surface area contributed by atoms with Gasteiger partial charge < -0.3 is 10.5 Å². The molecule has 0 saturated carbocycles. The third-order valence-electron chi connectivity index (χ3n) is 1.24. The average molecular weight is 274 g/mol. The largest absolute Gasteiger partial charge is 0.573 e. The maximum absolute atomic E-state index is 12.8. The van der Waals surface area contributed by atoms with Gasteiger partial charge >= 0.3 is 6.36 Å². The van der Waals surface area contributed by atoms with Crippen molar-refractivity contribution in [1.29, 1.82) is 0 Å². The lowest BCUT2D eigenvalue weighted by Crippen LogP contribution is -2.17. The van der Waals surface area contributed by atoms with Crippen LogP contribution in [0.4, 0.5) is 23.2 Å². The van der Waals surface area contributed by atoms with Gasteiger partial charge in [0.2, 0.25) is 0 Å². The molecule has 78 valence electrons. The highest BCUT2D eigenvalue weighted by molar-refractivity contribution is 9.10. The fraction of sp³-hybridized carbons (Fsp3) is 0.143. The maximum Gasteiger partial charge on any atom is 0.573 e. The molecular weight excluding hydrogens is 270 g/mol. The highest BCUT2D eigenvalue weighted by Crippen LogP contribution is 2.34. The molecule has 2 N–H and O–H groups in total. The van der Waals surface area contributed by atoms with E-state index in [2.05, 4.69) is 20.7 Å². The summed E-state index contributed by atoms with van der Waals surface area (Å²) in [7, 11) is 0. The number of hydrogen-bond acceptors (Lipinski definition) is 2. The van der Waals surface area contributed by atoms with Crippen molar-refractivity contribution in [3.63, 3.8) is 0 Å². The van der Waals surface area contributed by atoms with Gasteiger partial charge in [0.05, 0.1) is 4.47 Å². The van der Waals surface area contributed by atoms with Crippen molar-refractivity contribution in [1.82, 2.24) is 0 Å².